The molecule has 0 bridgehead atoms. The van der Waals surface area contributed by atoms with Crippen molar-refractivity contribution in [1.29, 1.82) is 0 Å². The number of hydrogen-bond acceptors (Lipinski definition) is 5. The van der Waals surface area contributed by atoms with Crippen LogP contribution < -0.4 is 27.0 Å². The Bertz CT molecular complexity index is 419. The van der Waals surface area contributed by atoms with Crippen LogP contribution in [0.3, 0.4) is 0 Å². The van der Waals surface area contributed by atoms with Gasteiger partial charge in [0.05, 0.1) is 0 Å². The smallest absolute Gasteiger partial charge is 0.0343 e. The molecule has 0 aliphatic heterocycles. The van der Waals surface area contributed by atoms with E-state index in [0.717, 1.165) is 51.5 Å². The quantitative estimate of drug-likeness (QED) is 0.339. The fourth-order valence-corrected chi connectivity index (χ4v) is 2.14. The van der Waals surface area contributed by atoms with Gasteiger partial charge in [-0.25, -0.2) is 0 Å². The van der Waals surface area contributed by atoms with E-state index in [0.29, 0.717) is 6.54 Å². The predicted octanol–water partition coefficient (Wildman–Crippen LogP) is 0.283. The third kappa shape index (κ3) is 8.14. The van der Waals surface area contributed by atoms with Crippen LogP contribution in [0.25, 0.3) is 5.70 Å². The first-order valence-corrected chi connectivity index (χ1v) is 8.06. The van der Waals surface area contributed by atoms with E-state index in [4.69, 9.17) is 5.73 Å². The molecule has 1 aromatic carbocycles. The van der Waals surface area contributed by atoms with Crippen LogP contribution in [0.4, 0.5) is 0 Å². The lowest BCUT2D eigenvalue weighted by atomic mass is 10.1. The van der Waals surface area contributed by atoms with Gasteiger partial charge in [0.1, 0.15) is 0 Å². The number of nitrogens with two attached hydrogens (primary N) is 1. The molecule has 5 heteroatoms. The summed E-state index contributed by atoms with van der Waals surface area (Å²) in [6, 6.07) is 8.29. The summed E-state index contributed by atoms with van der Waals surface area (Å²) >= 11 is 0. The van der Waals surface area contributed by atoms with Gasteiger partial charge in [0.25, 0.3) is 0 Å². The predicted molar refractivity (Wildman–Crippen MR) is 95.9 cm³/mol. The fourth-order valence-electron chi connectivity index (χ4n) is 2.14. The minimum Gasteiger partial charge on any atom is -0.384 e. The van der Waals surface area contributed by atoms with Crippen molar-refractivity contribution in [3.05, 3.63) is 42.0 Å². The highest BCUT2D eigenvalue weighted by atomic mass is 15.0. The van der Waals surface area contributed by atoms with Crippen LogP contribution in [-0.2, 0) is 0 Å². The maximum absolute atomic E-state index is 5.40. The van der Waals surface area contributed by atoms with Gasteiger partial charge in [0, 0.05) is 58.1 Å². The summed E-state index contributed by atoms with van der Waals surface area (Å²) in [6.07, 6.45) is 0. The molecule has 1 aromatic rings. The average Bonchev–Trinajstić information content (AvgIpc) is 2.53. The van der Waals surface area contributed by atoms with Gasteiger partial charge in [-0.05, 0) is 18.1 Å². The summed E-state index contributed by atoms with van der Waals surface area (Å²) in [5.74, 6) is 0. The maximum Gasteiger partial charge on any atom is 0.0343 e. The van der Waals surface area contributed by atoms with Crippen molar-refractivity contribution in [2.24, 2.45) is 5.73 Å². The SMILES string of the molecule is C=C(NCCNCCNCCNCCN)c1ccccc1C. The van der Waals surface area contributed by atoms with Gasteiger partial charge in [0.15, 0.2) is 0 Å². The van der Waals surface area contributed by atoms with Gasteiger partial charge in [0.2, 0.25) is 0 Å². The zero-order chi connectivity index (χ0) is 16.0. The lowest BCUT2D eigenvalue weighted by Gasteiger charge is -2.12. The van der Waals surface area contributed by atoms with Gasteiger partial charge in [-0.1, -0.05) is 30.8 Å². The third-order valence-corrected chi connectivity index (χ3v) is 3.39. The first-order chi connectivity index (χ1) is 10.8. The average molecular weight is 305 g/mol. The minimum atomic E-state index is 0.697. The van der Waals surface area contributed by atoms with Gasteiger partial charge in [-0.15, -0.1) is 0 Å². The van der Waals surface area contributed by atoms with E-state index in [9.17, 15) is 0 Å². The Morgan fingerprint density at radius 1 is 0.909 bits per heavy atom. The zero-order valence-corrected chi connectivity index (χ0v) is 13.8. The lowest BCUT2D eigenvalue weighted by Crippen LogP contribution is -2.35. The molecule has 0 radical (unpaired) electrons. The van der Waals surface area contributed by atoms with Crippen molar-refractivity contribution in [2.45, 2.75) is 6.92 Å². The lowest BCUT2D eigenvalue weighted by molar-refractivity contribution is 0.581. The molecule has 22 heavy (non-hydrogen) atoms. The number of rotatable bonds is 13. The normalized spacial score (nSPS) is 10.6. The standard InChI is InChI=1S/C17H31N5/c1-15-5-3-4-6-17(15)16(2)22-14-13-21-12-11-20-10-9-19-8-7-18/h3-6,19-22H,2,7-14,18H2,1H3. The highest BCUT2D eigenvalue weighted by Crippen LogP contribution is 2.13. The molecular formula is C17H31N5. The van der Waals surface area contributed by atoms with E-state index in [1.54, 1.807) is 0 Å². The van der Waals surface area contributed by atoms with Gasteiger partial charge >= 0.3 is 0 Å². The molecule has 0 aromatic heterocycles. The first kappa shape index (κ1) is 18.6. The van der Waals surface area contributed by atoms with E-state index >= 15 is 0 Å². The minimum absolute atomic E-state index is 0.697. The van der Waals surface area contributed by atoms with Crippen LogP contribution in [0.15, 0.2) is 30.8 Å². The van der Waals surface area contributed by atoms with Gasteiger partial charge in [-0.2, -0.15) is 0 Å². The molecule has 124 valence electrons. The highest BCUT2D eigenvalue weighted by molar-refractivity contribution is 5.64. The second kappa shape index (κ2) is 12.2. The van der Waals surface area contributed by atoms with E-state index in [1.165, 1.54) is 11.1 Å². The summed E-state index contributed by atoms with van der Waals surface area (Å²) in [6.45, 7) is 13.5. The molecule has 0 aliphatic rings. The molecule has 0 fully saturated rings. The van der Waals surface area contributed by atoms with Crippen LogP contribution >= 0.6 is 0 Å². The number of benzene rings is 1. The van der Waals surface area contributed by atoms with E-state index in [-0.39, 0.29) is 0 Å². The number of nitrogens with one attached hydrogen (secondary N) is 4. The van der Waals surface area contributed by atoms with Crippen LogP contribution in [0.2, 0.25) is 0 Å². The zero-order valence-electron chi connectivity index (χ0n) is 13.8. The van der Waals surface area contributed by atoms with E-state index < -0.39 is 0 Å². The molecule has 0 atom stereocenters. The largest absolute Gasteiger partial charge is 0.384 e. The van der Waals surface area contributed by atoms with Crippen molar-refractivity contribution >= 4 is 5.70 Å². The third-order valence-electron chi connectivity index (χ3n) is 3.39. The molecular weight excluding hydrogens is 274 g/mol. The van der Waals surface area contributed by atoms with Crippen molar-refractivity contribution in [3.8, 4) is 0 Å². The first-order valence-electron chi connectivity index (χ1n) is 8.06. The maximum atomic E-state index is 5.40. The van der Waals surface area contributed by atoms with Gasteiger partial charge in [-0.3, -0.25) is 0 Å². The van der Waals surface area contributed by atoms with Crippen molar-refractivity contribution in [1.82, 2.24) is 21.3 Å². The Morgan fingerprint density at radius 2 is 1.45 bits per heavy atom. The van der Waals surface area contributed by atoms with Gasteiger partial charge < -0.3 is 27.0 Å². The Labute approximate surface area is 134 Å². The van der Waals surface area contributed by atoms with E-state index in [2.05, 4.69) is 46.9 Å². The Hall–Kier alpha value is -1.40. The molecule has 6 N–H and O–H groups in total. The monoisotopic (exact) mass is 305 g/mol. The molecule has 0 heterocycles. The molecule has 0 spiro atoms. The summed E-state index contributed by atoms with van der Waals surface area (Å²) in [5, 5.41) is 13.4. The summed E-state index contributed by atoms with van der Waals surface area (Å²) in [7, 11) is 0. The second-order valence-corrected chi connectivity index (χ2v) is 5.26. The fraction of sp³-hybridized carbons (Fsp3) is 0.529. The Balaban J connectivity index is 1.95. The van der Waals surface area contributed by atoms with Crippen LogP contribution in [0.5, 0.6) is 0 Å². The molecule has 5 nitrogen and oxygen atoms in total. The Kier molecular flexibility index (Phi) is 10.3. The highest BCUT2D eigenvalue weighted by Gasteiger charge is 2.00. The Morgan fingerprint density at radius 3 is 2.05 bits per heavy atom. The molecule has 0 aliphatic carbocycles. The van der Waals surface area contributed by atoms with Crippen molar-refractivity contribution in [2.75, 3.05) is 52.4 Å². The topological polar surface area (TPSA) is 74.1 Å². The summed E-state index contributed by atoms with van der Waals surface area (Å²) in [5.41, 5.74) is 8.83. The molecule has 0 saturated carbocycles. The molecule has 1 rings (SSSR count). The summed E-state index contributed by atoms with van der Waals surface area (Å²) < 4.78 is 0. The van der Waals surface area contributed by atoms with Crippen molar-refractivity contribution < 1.29 is 0 Å². The molecule has 0 unspecified atom stereocenters. The van der Waals surface area contributed by atoms with Crippen molar-refractivity contribution in [3.63, 3.8) is 0 Å². The van der Waals surface area contributed by atoms with Crippen LogP contribution in [0, 0.1) is 6.92 Å². The second-order valence-electron chi connectivity index (χ2n) is 5.26. The summed E-state index contributed by atoms with van der Waals surface area (Å²) in [4.78, 5) is 0. The van der Waals surface area contributed by atoms with Crippen LogP contribution in [-0.4, -0.2) is 52.4 Å². The number of aryl methyl sites for hydroxylation is 1. The van der Waals surface area contributed by atoms with Crippen LogP contribution in [0.1, 0.15) is 11.1 Å². The number of hydrogen-bond donors (Lipinski definition) is 5. The van der Waals surface area contributed by atoms with E-state index in [1.807, 2.05) is 12.1 Å². The molecule has 0 saturated heterocycles. The molecule has 0 amide bonds.